The van der Waals surface area contributed by atoms with E-state index in [4.69, 9.17) is 0 Å². The third-order valence-corrected chi connectivity index (χ3v) is 2.05. The number of aryl methyl sites for hydroxylation is 1. The van der Waals surface area contributed by atoms with E-state index in [2.05, 4.69) is 4.74 Å². The molecule has 1 N–H and O–H groups in total. The van der Waals surface area contributed by atoms with E-state index in [-0.39, 0.29) is 6.42 Å². The fraction of sp³-hybridized carbons (Fsp3) is 0.364. The molecule has 1 aromatic carbocycles. The minimum atomic E-state index is -0.775. The second-order valence-corrected chi connectivity index (χ2v) is 3.21. The van der Waals surface area contributed by atoms with Crippen LogP contribution in [0.2, 0.25) is 0 Å². The van der Waals surface area contributed by atoms with E-state index < -0.39 is 12.1 Å². The Morgan fingerprint density at radius 1 is 1.43 bits per heavy atom. The summed E-state index contributed by atoms with van der Waals surface area (Å²) in [5.41, 5.74) is 1.86. The molecule has 0 aromatic heterocycles. The minimum Gasteiger partial charge on any atom is -0.469 e. The maximum atomic E-state index is 10.9. The summed E-state index contributed by atoms with van der Waals surface area (Å²) in [5, 5.41) is 9.61. The predicted octanol–water partition coefficient (Wildman–Crippen LogP) is 1.59. The Bertz CT molecular complexity index is 303. The van der Waals surface area contributed by atoms with Crippen molar-refractivity contribution in [2.45, 2.75) is 19.4 Å². The maximum absolute atomic E-state index is 10.9. The van der Waals surface area contributed by atoms with E-state index in [1.54, 1.807) is 0 Å². The van der Waals surface area contributed by atoms with Crippen LogP contribution in [0.5, 0.6) is 0 Å². The van der Waals surface area contributed by atoms with Gasteiger partial charge in [0.05, 0.1) is 19.6 Å². The molecule has 1 atom stereocenters. The summed E-state index contributed by atoms with van der Waals surface area (Å²) in [6.07, 6.45) is -0.775. The van der Waals surface area contributed by atoms with Crippen LogP contribution in [0.3, 0.4) is 0 Å². The molecule has 0 fully saturated rings. The van der Waals surface area contributed by atoms with Gasteiger partial charge in [0.25, 0.3) is 0 Å². The molecule has 0 saturated carbocycles. The largest absolute Gasteiger partial charge is 0.469 e. The Balaban J connectivity index is 2.65. The number of benzene rings is 1. The summed E-state index contributed by atoms with van der Waals surface area (Å²) in [5.74, 6) is -0.405. The van der Waals surface area contributed by atoms with Gasteiger partial charge in [-0.2, -0.15) is 0 Å². The summed E-state index contributed by atoms with van der Waals surface area (Å²) in [4.78, 5) is 10.9. The van der Waals surface area contributed by atoms with E-state index in [1.165, 1.54) is 7.11 Å². The standard InChI is InChI=1S/C11H14O3/c1-8-3-5-9(6-4-8)10(12)7-11(13)14-2/h3-6,10,12H,7H2,1-2H3. The first kappa shape index (κ1) is 10.7. The van der Waals surface area contributed by atoms with Crippen molar-refractivity contribution in [1.82, 2.24) is 0 Å². The molecule has 0 radical (unpaired) electrons. The molecule has 3 nitrogen and oxygen atoms in total. The lowest BCUT2D eigenvalue weighted by molar-refractivity contribution is -0.142. The lowest BCUT2D eigenvalue weighted by Crippen LogP contribution is -2.07. The Morgan fingerprint density at radius 2 is 2.00 bits per heavy atom. The van der Waals surface area contributed by atoms with Crippen molar-refractivity contribution < 1.29 is 14.6 Å². The number of rotatable bonds is 3. The molecular weight excluding hydrogens is 180 g/mol. The third kappa shape index (κ3) is 2.85. The molecule has 0 spiro atoms. The van der Waals surface area contributed by atoms with Crippen LogP contribution in [0.25, 0.3) is 0 Å². The van der Waals surface area contributed by atoms with Gasteiger partial charge in [-0.3, -0.25) is 4.79 Å². The van der Waals surface area contributed by atoms with Crippen LogP contribution in [0.4, 0.5) is 0 Å². The van der Waals surface area contributed by atoms with Crippen LogP contribution in [-0.2, 0) is 9.53 Å². The average Bonchev–Trinajstić information content (AvgIpc) is 2.18. The van der Waals surface area contributed by atoms with Crippen LogP contribution in [-0.4, -0.2) is 18.2 Å². The first-order chi connectivity index (χ1) is 6.63. The number of carbonyl (C=O) groups is 1. The zero-order chi connectivity index (χ0) is 10.6. The molecule has 0 heterocycles. The maximum Gasteiger partial charge on any atom is 0.308 e. The number of aliphatic hydroxyl groups excluding tert-OH is 1. The molecule has 76 valence electrons. The lowest BCUT2D eigenvalue weighted by Gasteiger charge is -2.09. The molecule has 0 aliphatic heterocycles. The zero-order valence-corrected chi connectivity index (χ0v) is 8.36. The molecule has 1 aromatic rings. The van der Waals surface area contributed by atoms with Gasteiger partial charge in [0.1, 0.15) is 0 Å². The van der Waals surface area contributed by atoms with Gasteiger partial charge < -0.3 is 9.84 Å². The number of esters is 1. The third-order valence-electron chi connectivity index (χ3n) is 2.05. The zero-order valence-electron chi connectivity index (χ0n) is 8.36. The first-order valence-electron chi connectivity index (χ1n) is 4.45. The highest BCUT2D eigenvalue weighted by Crippen LogP contribution is 2.17. The average molecular weight is 194 g/mol. The lowest BCUT2D eigenvalue weighted by atomic mass is 10.1. The molecular formula is C11H14O3. The number of ether oxygens (including phenoxy) is 1. The molecule has 1 rings (SSSR count). The normalized spacial score (nSPS) is 12.2. The summed E-state index contributed by atoms with van der Waals surface area (Å²) in [6, 6.07) is 7.41. The smallest absolute Gasteiger partial charge is 0.308 e. The molecule has 1 unspecified atom stereocenters. The Labute approximate surface area is 83.3 Å². The van der Waals surface area contributed by atoms with E-state index in [1.807, 2.05) is 31.2 Å². The van der Waals surface area contributed by atoms with Gasteiger partial charge in [0, 0.05) is 0 Å². The van der Waals surface area contributed by atoms with Gasteiger partial charge in [0.15, 0.2) is 0 Å². The van der Waals surface area contributed by atoms with E-state index in [9.17, 15) is 9.90 Å². The van der Waals surface area contributed by atoms with E-state index in [0.29, 0.717) is 0 Å². The van der Waals surface area contributed by atoms with Crippen molar-refractivity contribution in [3.8, 4) is 0 Å². The van der Waals surface area contributed by atoms with Gasteiger partial charge in [-0.25, -0.2) is 0 Å². The van der Waals surface area contributed by atoms with Crippen LogP contribution < -0.4 is 0 Å². The molecule has 3 heteroatoms. The highest BCUT2D eigenvalue weighted by atomic mass is 16.5. The molecule has 0 saturated heterocycles. The van der Waals surface area contributed by atoms with Gasteiger partial charge in [-0.05, 0) is 12.5 Å². The summed E-state index contributed by atoms with van der Waals surface area (Å²) in [6.45, 7) is 1.97. The SMILES string of the molecule is COC(=O)CC(O)c1ccc(C)cc1. The van der Waals surface area contributed by atoms with Crippen molar-refractivity contribution >= 4 is 5.97 Å². The van der Waals surface area contributed by atoms with Gasteiger partial charge in [0.2, 0.25) is 0 Å². The number of hydrogen-bond donors (Lipinski definition) is 1. The summed E-state index contributed by atoms with van der Waals surface area (Å²) in [7, 11) is 1.31. The predicted molar refractivity (Wildman–Crippen MR) is 52.8 cm³/mol. The summed E-state index contributed by atoms with van der Waals surface area (Å²) < 4.78 is 4.47. The minimum absolute atomic E-state index is 0.000436. The summed E-state index contributed by atoms with van der Waals surface area (Å²) >= 11 is 0. The van der Waals surface area contributed by atoms with Crippen molar-refractivity contribution in [3.63, 3.8) is 0 Å². The Kier molecular flexibility index (Phi) is 3.65. The van der Waals surface area contributed by atoms with Crippen molar-refractivity contribution in [2.75, 3.05) is 7.11 Å². The molecule has 0 amide bonds. The quantitative estimate of drug-likeness (QED) is 0.743. The number of methoxy groups -OCH3 is 1. The van der Waals surface area contributed by atoms with Crippen molar-refractivity contribution in [1.29, 1.82) is 0 Å². The molecule has 14 heavy (non-hydrogen) atoms. The van der Waals surface area contributed by atoms with Crippen molar-refractivity contribution in [2.24, 2.45) is 0 Å². The van der Waals surface area contributed by atoms with E-state index in [0.717, 1.165) is 11.1 Å². The molecule has 0 aliphatic carbocycles. The van der Waals surface area contributed by atoms with Crippen LogP contribution >= 0.6 is 0 Å². The topological polar surface area (TPSA) is 46.5 Å². The monoisotopic (exact) mass is 194 g/mol. The van der Waals surface area contributed by atoms with Gasteiger partial charge >= 0.3 is 5.97 Å². The van der Waals surface area contributed by atoms with Crippen LogP contribution in [0, 0.1) is 6.92 Å². The Hall–Kier alpha value is -1.35. The van der Waals surface area contributed by atoms with E-state index >= 15 is 0 Å². The number of aliphatic hydroxyl groups is 1. The second kappa shape index (κ2) is 4.77. The van der Waals surface area contributed by atoms with Crippen LogP contribution in [0.15, 0.2) is 24.3 Å². The second-order valence-electron chi connectivity index (χ2n) is 3.21. The Morgan fingerprint density at radius 3 is 2.50 bits per heavy atom. The molecule has 0 aliphatic rings. The first-order valence-corrected chi connectivity index (χ1v) is 4.45. The van der Waals surface area contributed by atoms with Gasteiger partial charge in [-0.15, -0.1) is 0 Å². The van der Waals surface area contributed by atoms with Gasteiger partial charge in [-0.1, -0.05) is 29.8 Å². The fourth-order valence-corrected chi connectivity index (χ4v) is 1.15. The van der Waals surface area contributed by atoms with Crippen LogP contribution in [0.1, 0.15) is 23.7 Å². The number of hydrogen-bond acceptors (Lipinski definition) is 3. The highest BCUT2D eigenvalue weighted by molar-refractivity contribution is 5.70. The molecule has 0 bridgehead atoms. The number of carbonyl (C=O) groups excluding carboxylic acids is 1. The van der Waals surface area contributed by atoms with Crippen molar-refractivity contribution in [3.05, 3.63) is 35.4 Å². The fourth-order valence-electron chi connectivity index (χ4n) is 1.15. The highest BCUT2D eigenvalue weighted by Gasteiger charge is 2.12.